The summed E-state index contributed by atoms with van der Waals surface area (Å²) in [5.41, 5.74) is 5.50. The lowest BCUT2D eigenvalue weighted by molar-refractivity contribution is -0.134. The number of carbonyl (C=O) groups is 1. The fraction of sp³-hybridized carbons (Fsp3) is 0.519. The summed E-state index contributed by atoms with van der Waals surface area (Å²) in [5.74, 6) is 1.34. The van der Waals surface area contributed by atoms with Gasteiger partial charge in [0.2, 0.25) is 0 Å². The number of aryl methyl sites for hydroxylation is 1. The van der Waals surface area contributed by atoms with Crippen LogP contribution in [0.15, 0.2) is 42.5 Å². The van der Waals surface area contributed by atoms with Gasteiger partial charge in [0, 0.05) is 6.42 Å². The largest absolute Gasteiger partial charge is 0.427 e. The van der Waals surface area contributed by atoms with E-state index in [0.29, 0.717) is 12.2 Å². The first-order chi connectivity index (χ1) is 14.2. The number of benzene rings is 2. The van der Waals surface area contributed by atoms with Crippen LogP contribution in [-0.2, 0) is 17.6 Å². The van der Waals surface area contributed by atoms with Crippen molar-refractivity contribution in [3.05, 3.63) is 53.6 Å². The van der Waals surface area contributed by atoms with Crippen molar-refractivity contribution in [2.24, 2.45) is 5.92 Å². The maximum absolute atomic E-state index is 11.6. The van der Waals surface area contributed by atoms with E-state index in [1.54, 1.807) is 5.56 Å². The summed E-state index contributed by atoms with van der Waals surface area (Å²) in [5, 5.41) is 0. The summed E-state index contributed by atoms with van der Waals surface area (Å²) in [7, 11) is 0. The topological polar surface area (TPSA) is 26.3 Å². The van der Waals surface area contributed by atoms with Gasteiger partial charge in [-0.15, -0.1) is 0 Å². The molecule has 2 aromatic rings. The van der Waals surface area contributed by atoms with Crippen LogP contribution >= 0.6 is 0 Å². The lowest BCUT2D eigenvalue weighted by Crippen LogP contribution is -2.14. The molecule has 0 bridgehead atoms. The Morgan fingerprint density at radius 3 is 2.41 bits per heavy atom. The van der Waals surface area contributed by atoms with Gasteiger partial charge < -0.3 is 4.74 Å². The Labute approximate surface area is 176 Å². The van der Waals surface area contributed by atoms with Crippen LogP contribution in [0.4, 0.5) is 0 Å². The first-order valence-corrected chi connectivity index (χ1v) is 11.6. The second-order valence-corrected chi connectivity index (χ2v) is 8.54. The molecule has 0 fully saturated rings. The van der Waals surface area contributed by atoms with Crippen molar-refractivity contribution in [3.63, 3.8) is 0 Å². The first kappa shape index (κ1) is 21.6. The highest BCUT2D eigenvalue weighted by Crippen LogP contribution is 2.32. The fourth-order valence-electron chi connectivity index (χ4n) is 4.40. The Kier molecular flexibility index (Phi) is 8.34. The van der Waals surface area contributed by atoms with Gasteiger partial charge in [-0.25, -0.2) is 0 Å². The maximum Gasteiger partial charge on any atom is 0.311 e. The van der Waals surface area contributed by atoms with Gasteiger partial charge in [0.25, 0.3) is 0 Å². The van der Waals surface area contributed by atoms with Crippen molar-refractivity contribution >= 4 is 5.97 Å². The van der Waals surface area contributed by atoms with Crippen LogP contribution in [0.5, 0.6) is 5.75 Å². The molecule has 1 aliphatic carbocycles. The van der Waals surface area contributed by atoms with Crippen molar-refractivity contribution in [1.29, 1.82) is 0 Å². The number of unbranched alkanes of at least 4 members (excludes halogenated alkanes) is 4. The Morgan fingerprint density at radius 1 is 0.897 bits per heavy atom. The zero-order valence-corrected chi connectivity index (χ0v) is 18.2. The Balaban J connectivity index is 1.56. The predicted octanol–water partition coefficient (Wildman–Crippen LogP) is 7.52. The minimum absolute atomic E-state index is 0.158. The lowest BCUT2D eigenvalue weighted by atomic mass is 9.80. The van der Waals surface area contributed by atoms with Gasteiger partial charge >= 0.3 is 5.97 Å². The Hall–Kier alpha value is -2.09. The SMILES string of the molecule is CCCCCCCC1CCc2cc(-c3ccc(OC(=O)CCC)cc3)ccc2C1. The van der Waals surface area contributed by atoms with E-state index >= 15 is 0 Å². The lowest BCUT2D eigenvalue weighted by Gasteiger charge is -2.25. The summed E-state index contributed by atoms with van der Waals surface area (Å²) in [6, 6.07) is 14.9. The van der Waals surface area contributed by atoms with Crippen molar-refractivity contribution in [3.8, 4) is 16.9 Å². The van der Waals surface area contributed by atoms with Gasteiger partial charge in [0.1, 0.15) is 5.75 Å². The zero-order valence-electron chi connectivity index (χ0n) is 18.2. The molecule has 0 aromatic heterocycles. The highest BCUT2D eigenvalue weighted by Gasteiger charge is 2.18. The second kappa shape index (κ2) is 11.2. The maximum atomic E-state index is 11.6. The van der Waals surface area contributed by atoms with E-state index in [-0.39, 0.29) is 5.97 Å². The van der Waals surface area contributed by atoms with Crippen LogP contribution in [0.2, 0.25) is 0 Å². The summed E-state index contributed by atoms with van der Waals surface area (Å²) in [6.45, 7) is 4.26. The molecule has 29 heavy (non-hydrogen) atoms. The number of ether oxygens (including phenoxy) is 1. The van der Waals surface area contributed by atoms with Gasteiger partial charge in [0.15, 0.2) is 0 Å². The van der Waals surface area contributed by atoms with E-state index in [9.17, 15) is 4.79 Å². The highest BCUT2D eigenvalue weighted by atomic mass is 16.5. The van der Waals surface area contributed by atoms with Gasteiger partial charge in [-0.2, -0.15) is 0 Å². The van der Waals surface area contributed by atoms with E-state index in [0.717, 1.165) is 12.3 Å². The molecule has 2 nitrogen and oxygen atoms in total. The third-order valence-corrected chi connectivity index (χ3v) is 6.13. The molecule has 0 saturated heterocycles. The molecule has 0 N–H and O–H groups in total. The van der Waals surface area contributed by atoms with Crippen molar-refractivity contribution in [2.45, 2.75) is 84.5 Å². The Bertz CT molecular complexity index is 776. The average molecular weight is 393 g/mol. The molecule has 1 atom stereocenters. The molecule has 1 unspecified atom stereocenters. The molecule has 156 valence electrons. The number of carbonyl (C=O) groups excluding carboxylic acids is 1. The molecule has 1 aliphatic rings. The standard InChI is InChI=1S/C27H36O2/c1-3-5-6-7-8-10-21-11-12-25-20-24(14-13-23(25)19-21)22-15-17-26(18-16-22)29-27(28)9-4-2/h13-18,20-21H,3-12,19H2,1-2H3. The minimum atomic E-state index is -0.158. The third-order valence-electron chi connectivity index (χ3n) is 6.13. The van der Waals surface area contributed by atoms with Crippen LogP contribution in [0.1, 0.15) is 82.8 Å². The zero-order chi connectivity index (χ0) is 20.5. The summed E-state index contributed by atoms with van der Waals surface area (Å²) in [4.78, 5) is 11.6. The monoisotopic (exact) mass is 392 g/mol. The molecule has 2 aromatic carbocycles. The molecular weight excluding hydrogens is 356 g/mol. The molecular formula is C27H36O2. The molecule has 0 amide bonds. The molecule has 0 saturated carbocycles. The van der Waals surface area contributed by atoms with Crippen LogP contribution in [-0.4, -0.2) is 5.97 Å². The molecule has 3 rings (SSSR count). The predicted molar refractivity (Wildman–Crippen MR) is 121 cm³/mol. The molecule has 2 heteroatoms. The second-order valence-electron chi connectivity index (χ2n) is 8.54. The van der Waals surface area contributed by atoms with Crippen LogP contribution in [0, 0.1) is 5.92 Å². The molecule has 0 aliphatic heterocycles. The highest BCUT2D eigenvalue weighted by molar-refractivity contribution is 5.73. The molecule has 0 spiro atoms. The van der Waals surface area contributed by atoms with E-state index < -0.39 is 0 Å². The average Bonchev–Trinajstić information content (AvgIpc) is 2.74. The smallest absolute Gasteiger partial charge is 0.311 e. The Morgan fingerprint density at radius 2 is 1.66 bits per heavy atom. The van der Waals surface area contributed by atoms with E-state index in [1.165, 1.54) is 74.5 Å². The summed E-state index contributed by atoms with van der Waals surface area (Å²) < 4.78 is 5.36. The summed E-state index contributed by atoms with van der Waals surface area (Å²) >= 11 is 0. The van der Waals surface area contributed by atoms with E-state index in [2.05, 4.69) is 37.3 Å². The van der Waals surface area contributed by atoms with Crippen LogP contribution in [0.3, 0.4) is 0 Å². The third kappa shape index (κ3) is 6.45. The van der Waals surface area contributed by atoms with Gasteiger partial charge in [-0.1, -0.05) is 82.7 Å². The van der Waals surface area contributed by atoms with Crippen molar-refractivity contribution in [2.75, 3.05) is 0 Å². The summed E-state index contributed by atoms with van der Waals surface area (Å²) in [6.07, 6.45) is 13.4. The number of hydrogen-bond acceptors (Lipinski definition) is 2. The van der Waals surface area contributed by atoms with Gasteiger partial charge in [-0.05, 0) is 66.0 Å². The quantitative estimate of drug-likeness (QED) is 0.237. The number of rotatable bonds is 10. The number of fused-ring (bicyclic) bond motifs is 1. The fourth-order valence-corrected chi connectivity index (χ4v) is 4.40. The number of hydrogen-bond donors (Lipinski definition) is 0. The van der Waals surface area contributed by atoms with E-state index in [1.807, 2.05) is 19.1 Å². The van der Waals surface area contributed by atoms with Crippen molar-refractivity contribution < 1.29 is 9.53 Å². The van der Waals surface area contributed by atoms with E-state index in [4.69, 9.17) is 4.74 Å². The van der Waals surface area contributed by atoms with Crippen LogP contribution < -0.4 is 4.74 Å². The molecule has 0 radical (unpaired) electrons. The number of esters is 1. The normalized spacial score (nSPS) is 15.7. The minimum Gasteiger partial charge on any atom is -0.427 e. The van der Waals surface area contributed by atoms with Gasteiger partial charge in [0.05, 0.1) is 0 Å². The van der Waals surface area contributed by atoms with Crippen molar-refractivity contribution in [1.82, 2.24) is 0 Å². The first-order valence-electron chi connectivity index (χ1n) is 11.6. The van der Waals surface area contributed by atoms with Gasteiger partial charge in [-0.3, -0.25) is 4.79 Å². The van der Waals surface area contributed by atoms with Crippen LogP contribution in [0.25, 0.3) is 11.1 Å². The molecule has 0 heterocycles.